The number of benzene rings is 2. The van der Waals surface area contributed by atoms with Gasteiger partial charge in [-0.25, -0.2) is 9.97 Å². The molecule has 0 radical (unpaired) electrons. The monoisotopic (exact) mass is 401 g/mol. The van der Waals surface area contributed by atoms with Crippen LogP contribution in [0.15, 0.2) is 61.1 Å². The van der Waals surface area contributed by atoms with E-state index in [1.807, 2.05) is 48.5 Å². The van der Waals surface area contributed by atoms with E-state index >= 15 is 0 Å². The average molecular weight is 401 g/mol. The minimum absolute atomic E-state index is 0.0369. The van der Waals surface area contributed by atoms with Crippen LogP contribution in [0.4, 0.5) is 0 Å². The molecule has 1 aliphatic heterocycles. The third-order valence-corrected chi connectivity index (χ3v) is 5.35. The molecule has 30 heavy (non-hydrogen) atoms. The molecular formula is C24H23N3O3. The van der Waals surface area contributed by atoms with Crippen molar-refractivity contribution in [2.45, 2.75) is 17.9 Å². The summed E-state index contributed by atoms with van der Waals surface area (Å²) in [6, 6.07) is 15.7. The second-order valence-electron chi connectivity index (χ2n) is 7.54. The Morgan fingerprint density at radius 1 is 1.03 bits per heavy atom. The first-order valence-electron chi connectivity index (χ1n) is 9.75. The van der Waals surface area contributed by atoms with Gasteiger partial charge in [-0.3, -0.25) is 0 Å². The second kappa shape index (κ2) is 8.64. The van der Waals surface area contributed by atoms with E-state index in [-0.39, 0.29) is 23.8 Å². The first-order chi connectivity index (χ1) is 14.6. The molecule has 2 heterocycles. The standard InChI is InChI=1S/C24H23N3O3/c25-24(14-30-15-24)21-9-5-18(6-10-21)2-1-17-3-7-19(8-4-17)20(13-28)11-22-23(29)12-26-16-27-22/h3-10,12,16,20,28-29H,11,13-15,25H2. The highest BCUT2D eigenvalue weighted by Gasteiger charge is 2.35. The van der Waals surface area contributed by atoms with E-state index in [1.165, 1.54) is 12.5 Å². The van der Waals surface area contributed by atoms with Crippen LogP contribution in [0.5, 0.6) is 5.75 Å². The number of nitrogens with zero attached hydrogens (tertiary/aromatic N) is 2. The molecule has 2 aromatic carbocycles. The van der Waals surface area contributed by atoms with Gasteiger partial charge in [0.15, 0.2) is 5.75 Å². The Bertz CT molecular complexity index is 1070. The zero-order chi connectivity index (χ0) is 21.0. The highest BCUT2D eigenvalue weighted by molar-refractivity contribution is 5.45. The van der Waals surface area contributed by atoms with E-state index in [1.54, 1.807) is 0 Å². The predicted octanol–water partition coefficient (Wildman–Crippen LogP) is 2.08. The minimum atomic E-state index is -0.367. The van der Waals surface area contributed by atoms with Crippen LogP contribution in [-0.2, 0) is 16.7 Å². The quantitative estimate of drug-likeness (QED) is 0.566. The molecule has 0 bridgehead atoms. The van der Waals surface area contributed by atoms with Crippen molar-refractivity contribution < 1.29 is 14.9 Å². The van der Waals surface area contributed by atoms with Gasteiger partial charge in [0.1, 0.15) is 6.33 Å². The molecule has 1 fully saturated rings. The van der Waals surface area contributed by atoms with Crippen LogP contribution in [0, 0.1) is 11.8 Å². The molecule has 0 aliphatic carbocycles. The van der Waals surface area contributed by atoms with Crippen molar-refractivity contribution in [3.05, 3.63) is 89.0 Å². The number of aromatic nitrogens is 2. The SMILES string of the molecule is NC1(c2ccc(C#Cc3ccc(C(CO)Cc4ncncc4O)cc3)cc2)COC1. The molecule has 1 saturated heterocycles. The summed E-state index contributed by atoms with van der Waals surface area (Å²) in [7, 11) is 0. The van der Waals surface area contributed by atoms with Gasteiger partial charge in [-0.1, -0.05) is 36.1 Å². The largest absolute Gasteiger partial charge is 0.504 e. The van der Waals surface area contributed by atoms with Crippen molar-refractivity contribution in [2.75, 3.05) is 19.8 Å². The second-order valence-corrected chi connectivity index (χ2v) is 7.54. The zero-order valence-electron chi connectivity index (χ0n) is 16.5. The third kappa shape index (κ3) is 4.34. The lowest BCUT2D eigenvalue weighted by Gasteiger charge is -2.38. The maximum absolute atomic E-state index is 9.87. The van der Waals surface area contributed by atoms with Crippen molar-refractivity contribution in [1.29, 1.82) is 0 Å². The van der Waals surface area contributed by atoms with Gasteiger partial charge in [-0.2, -0.15) is 0 Å². The van der Waals surface area contributed by atoms with Crippen molar-refractivity contribution in [3.63, 3.8) is 0 Å². The molecule has 6 nitrogen and oxygen atoms in total. The Hall–Kier alpha value is -3.24. The number of aliphatic hydroxyl groups is 1. The maximum Gasteiger partial charge on any atom is 0.155 e. The van der Waals surface area contributed by atoms with Crippen molar-refractivity contribution in [1.82, 2.24) is 9.97 Å². The lowest BCUT2D eigenvalue weighted by molar-refractivity contribution is -0.0569. The predicted molar refractivity (Wildman–Crippen MR) is 113 cm³/mol. The van der Waals surface area contributed by atoms with E-state index in [0.717, 1.165) is 22.3 Å². The van der Waals surface area contributed by atoms with Crippen LogP contribution >= 0.6 is 0 Å². The van der Waals surface area contributed by atoms with Gasteiger partial charge in [0.05, 0.1) is 37.3 Å². The molecule has 4 N–H and O–H groups in total. The summed E-state index contributed by atoms with van der Waals surface area (Å²) in [5, 5.41) is 19.6. The van der Waals surface area contributed by atoms with E-state index in [2.05, 4.69) is 21.8 Å². The molecule has 4 rings (SSSR count). The summed E-state index contributed by atoms with van der Waals surface area (Å²) in [4.78, 5) is 7.87. The van der Waals surface area contributed by atoms with Crippen LogP contribution in [0.2, 0.25) is 0 Å². The number of aliphatic hydroxyl groups excluding tert-OH is 1. The Kier molecular flexibility index (Phi) is 5.77. The van der Waals surface area contributed by atoms with E-state index in [9.17, 15) is 10.2 Å². The fraction of sp³-hybridized carbons (Fsp3) is 0.250. The Morgan fingerprint density at radius 3 is 2.20 bits per heavy atom. The van der Waals surface area contributed by atoms with Gasteiger partial charge in [0, 0.05) is 23.5 Å². The smallest absolute Gasteiger partial charge is 0.155 e. The van der Waals surface area contributed by atoms with Gasteiger partial charge < -0.3 is 20.7 Å². The van der Waals surface area contributed by atoms with Gasteiger partial charge in [0.25, 0.3) is 0 Å². The summed E-state index contributed by atoms with van der Waals surface area (Å²) in [6.45, 7) is 1.06. The molecule has 0 saturated carbocycles. The number of aromatic hydroxyl groups is 1. The molecule has 6 heteroatoms. The van der Waals surface area contributed by atoms with Crippen LogP contribution in [0.1, 0.15) is 33.9 Å². The molecule has 1 unspecified atom stereocenters. The van der Waals surface area contributed by atoms with E-state index in [4.69, 9.17) is 10.5 Å². The highest BCUT2D eigenvalue weighted by atomic mass is 16.5. The molecule has 1 atom stereocenters. The topological polar surface area (TPSA) is 101 Å². The van der Waals surface area contributed by atoms with E-state index < -0.39 is 0 Å². The molecule has 0 spiro atoms. The molecule has 152 valence electrons. The van der Waals surface area contributed by atoms with Crippen molar-refractivity contribution in [3.8, 4) is 17.6 Å². The highest BCUT2D eigenvalue weighted by Crippen LogP contribution is 2.27. The zero-order valence-corrected chi connectivity index (χ0v) is 16.5. The number of nitrogens with two attached hydrogens (primary N) is 1. The lowest BCUT2D eigenvalue weighted by atomic mass is 9.89. The van der Waals surface area contributed by atoms with Crippen LogP contribution in [0.25, 0.3) is 0 Å². The first-order valence-corrected chi connectivity index (χ1v) is 9.75. The van der Waals surface area contributed by atoms with Gasteiger partial charge in [-0.15, -0.1) is 0 Å². The lowest BCUT2D eigenvalue weighted by Crippen LogP contribution is -2.54. The minimum Gasteiger partial charge on any atom is -0.504 e. The van der Waals surface area contributed by atoms with Gasteiger partial charge in [0.2, 0.25) is 0 Å². The first kappa shape index (κ1) is 20.0. The number of rotatable bonds is 5. The fourth-order valence-corrected chi connectivity index (χ4v) is 3.38. The van der Waals surface area contributed by atoms with Gasteiger partial charge in [-0.05, 0) is 35.4 Å². The molecule has 3 aromatic rings. The normalized spacial score (nSPS) is 15.5. The average Bonchev–Trinajstić information content (AvgIpc) is 2.76. The number of hydrogen-bond donors (Lipinski definition) is 3. The van der Waals surface area contributed by atoms with E-state index in [0.29, 0.717) is 25.3 Å². The maximum atomic E-state index is 9.87. The molecule has 1 aromatic heterocycles. The summed E-state index contributed by atoms with van der Waals surface area (Å²) in [6.07, 6.45) is 3.17. The van der Waals surface area contributed by atoms with Gasteiger partial charge >= 0.3 is 0 Å². The molecular weight excluding hydrogens is 378 g/mol. The van der Waals surface area contributed by atoms with Crippen LogP contribution in [-0.4, -0.2) is 40.0 Å². The number of hydrogen-bond acceptors (Lipinski definition) is 6. The number of ether oxygens (including phenoxy) is 1. The molecule has 1 aliphatic rings. The Balaban J connectivity index is 1.44. The Labute approximate surface area is 175 Å². The summed E-state index contributed by atoms with van der Waals surface area (Å²) in [5.41, 5.74) is 10.2. The van der Waals surface area contributed by atoms with Crippen LogP contribution < -0.4 is 5.73 Å². The summed E-state index contributed by atoms with van der Waals surface area (Å²) in [5.74, 6) is 6.19. The fourth-order valence-electron chi connectivity index (χ4n) is 3.38. The summed E-state index contributed by atoms with van der Waals surface area (Å²) >= 11 is 0. The summed E-state index contributed by atoms with van der Waals surface area (Å²) < 4.78 is 5.21. The Morgan fingerprint density at radius 2 is 1.67 bits per heavy atom. The molecule has 0 amide bonds. The van der Waals surface area contributed by atoms with Crippen molar-refractivity contribution in [2.24, 2.45) is 5.73 Å². The van der Waals surface area contributed by atoms with Crippen molar-refractivity contribution >= 4 is 0 Å². The van der Waals surface area contributed by atoms with Crippen LogP contribution in [0.3, 0.4) is 0 Å². The third-order valence-electron chi connectivity index (χ3n) is 5.35.